The maximum Gasteiger partial charge on any atom is 0.410 e. The molecule has 1 aliphatic rings. The maximum atomic E-state index is 11.9. The SMILES string of the molecule is CN=C(NCc1ccccc1)NC1CN(C(=O)OC(C)(C)C)C1. The Hall–Kier alpha value is -2.24. The number of carbonyl (C=O) groups is 1. The Morgan fingerprint density at radius 2 is 1.96 bits per heavy atom. The average Bonchev–Trinajstić information content (AvgIpc) is 2.44. The summed E-state index contributed by atoms with van der Waals surface area (Å²) in [4.78, 5) is 17.8. The standard InChI is InChI=1S/C17H26N4O2/c1-17(2,3)23-16(22)21-11-14(12-21)20-15(18-4)19-10-13-8-6-5-7-9-13/h5-9,14H,10-12H2,1-4H3,(H2,18,19,20). The summed E-state index contributed by atoms with van der Waals surface area (Å²) in [5.41, 5.74) is 0.738. The fourth-order valence-electron chi connectivity index (χ4n) is 2.22. The number of ether oxygens (including phenoxy) is 1. The molecule has 1 heterocycles. The topological polar surface area (TPSA) is 66.0 Å². The van der Waals surface area contributed by atoms with Crippen molar-refractivity contribution < 1.29 is 9.53 Å². The highest BCUT2D eigenvalue weighted by Gasteiger charge is 2.34. The molecule has 0 aliphatic carbocycles. The van der Waals surface area contributed by atoms with Gasteiger partial charge in [0.15, 0.2) is 5.96 Å². The van der Waals surface area contributed by atoms with Gasteiger partial charge in [0.05, 0.1) is 6.04 Å². The first-order valence-electron chi connectivity index (χ1n) is 7.86. The third-order valence-corrected chi connectivity index (χ3v) is 3.40. The van der Waals surface area contributed by atoms with Gasteiger partial charge in [-0.2, -0.15) is 0 Å². The molecule has 1 fully saturated rings. The van der Waals surface area contributed by atoms with Gasteiger partial charge in [-0.25, -0.2) is 4.79 Å². The molecule has 1 saturated heterocycles. The van der Waals surface area contributed by atoms with Gasteiger partial charge < -0.3 is 20.3 Å². The molecule has 0 atom stereocenters. The van der Waals surface area contributed by atoms with Gasteiger partial charge in [0.25, 0.3) is 0 Å². The van der Waals surface area contributed by atoms with E-state index in [4.69, 9.17) is 4.74 Å². The fourth-order valence-corrected chi connectivity index (χ4v) is 2.22. The van der Waals surface area contributed by atoms with E-state index in [1.165, 1.54) is 5.56 Å². The first-order chi connectivity index (χ1) is 10.9. The van der Waals surface area contributed by atoms with E-state index in [1.807, 2.05) is 39.0 Å². The number of guanidine groups is 1. The largest absolute Gasteiger partial charge is 0.444 e. The van der Waals surface area contributed by atoms with Crippen LogP contribution >= 0.6 is 0 Å². The van der Waals surface area contributed by atoms with E-state index in [0.717, 1.165) is 5.96 Å². The molecular weight excluding hydrogens is 292 g/mol. The van der Waals surface area contributed by atoms with Crippen LogP contribution in [0.15, 0.2) is 35.3 Å². The van der Waals surface area contributed by atoms with E-state index in [-0.39, 0.29) is 12.1 Å². The molecule has 0 unspecified atom stereocenters. The minimum absolute atomic E-state index is 0.199. The minimum atomic E-state index is -0.455. The quantitative estimate of drug-likeness (QED) is 0.660. The second-order valence-corrected chi connectivity index (χ2v) is 6.64. The Kier molecular flexibility index (Phi) is 5.47. The highest BCUT2D eigenvalue weighted by Crippen LogP contribution is 2.15. The summed E-state index contributed by atoms with van der Waals surface area (Å²) in [6, 6.07) is 10.3. The van der Waals surface area contributed by atoms with Gasteiger partial charge >= 0.3 is 6.09 Å². The second kappa shape index (κ2) is 7.35. The number of rotatable bonds is 3. The number of hydrogen-bond donors (Lipinski definition) is 2. The molecule has 2 N–H and O–H groups in total. The Morgan fingerprint density at radius 1 is 1.30 bits per heavy atom. The monoisotopic (exact) mass is 318 g/mol. The molecule has 0 bridgehead atoms. The van der Waals surface area contributed by atoms with Crippen LogP contribution in [0.5, 0.6) is 0 Å². The summed E-state index contributed by atoms with van der Waals surface area (Å²) < 4.78 is 5.34. The molecule has 0 saturated carbocycles. The molecule has 6 nitrogen and oxygen atoms in total. The van der Waals surface area contributed by atoms with Gasteiger partial charge in [-0.15, -0.1) is 0 Å². The summed E-state index contributed by atoms with van der Waals surface area (Å²) in [6.45, 7) is 7.58. The van der Waals surface area contributed by atoms with Crippen molar-refractivity contribution in [1.29, 1.82) is 0 Å². The Bertz CT molecular complexity index is 545. The molecule has 23 heavy (non-hydrogen) atoms. The lowest BCUT2D eigenvalue weighted by Gasteiger charge is -2.40. The van der Waals surface area contributed by atoms with Crippen LogP contribution in [-0.2, 0) is 11.3 Å². The van der Waals surface area contributed by atoms with E-state index in [0.29, 0.717) is 19.6 Å². The highest BCUT2D eigenvalue weighted by atomic mass is 16.6. The molecule has 0 radical (unpaired) electrons. The average molecular weight is 318 g/mol. The molecule has 6 heteroatoms. The van der Waals surface area contributed by atoms with Gasteiger partial charge in [0.1, 0.15) is 5.60 Å². The van der Waals surface area contributed by atoms with Crippen molar-refractivity contribution in [3.63, 3.8) is 0 Å². The number of hydrogen-bond acceptors (Lipinski definition) is 3. The van der Waals surface area contributed by atoms with E-state index in [9.17, 15) is 4.79 Å². The van der Waals surface area contributed by atoms with Crippen LogP contribution in [0.25, 0.3) is 0 Å². The summed E-state index contributed by atoms with van der Waals surface area (Å²) in [6.07, 6.45) is -0.261. The first kappa shape index (κ1) is 17.1. The van der Waals surface area contributed by atoms with E-state index >= 15 is 0 Å². The Labute approximate surface area is 137 Å². The van der Waals surface area contributed by atoms with Gasteiger partial charge in [0.2, 0.25) is 0 Å². The smallest absolute Gasteiger partial charge is 0.410 e. The van der Waals surface area contributed by atoms with Gasteiger partial charge in [0, 0.05) is 26.7 Å². The summed E-state index contributed by atoms with van der Waals surface area (Å²) in [5.74, 6) is 0.739. The van der Waals surface area contributed by atoms with Crippen molar-refractivity contribution >= 4 is 12.1 Å². The predicted molar refractivity (Wildman–Crippen MR) is 91.4 cm³/mol. The molecule has 1 aromatic rings. The predicted octanol–water partition coefficient (Wildman–Crippen LogP) is 1.97. The molecular formula is C17H26N4O2. The van der Waals surface area contributed by atoms with Crippen LogP contribution in [0.4, 0.5) is 4.79 Å². The lowest BCUT2D eigenvalue weighted by molar-refractivity contribution is 0.00701. The van der Waals surface area contributed by atoms with Crippen LogP contribution in [0.2, 0.25) is 0 Å². The zero-order valence-corrected chi connectivity index (χ0v) is 14.3. The van der Waals surface area contributed by atoms with Crippen molar-refractivity contribution in [2.45, 2.75) is 39.0 Å². The van der Waals surface area contributed by atoms with Gasteiger partial charge in [-0.1, -0.05) is 30.3 Å². The van der Waals surface area contributed by atoms with E-state index in [2.05, 4.69) is 27.8 Å². The first-order valence-corrected chi connectivity index (χ1v) is 7.86. The number of amides is 1. The van der Waals surface area contributed by atoms with Gasteiger partial charge in [-0.3, -0.25) is 4.99 Å². The summed E-state index contributed by atoms with van der Waals surface area (Å²) in [7, 11) is 1.74. The lowest BCUT2D eigenvalue weighted by Crippen LogP contribution is -2.63. The molecule has 126 valence electrons. The van der Waals surface area contributed by atoms with Crippen LogP contribution in [0.3, 0.4) is 0 Å². The van der Waals surface area contributed by atoms with Crippen LogP contribution < -0.4 is 10.6 Å². The van der Waals surface area contributed by atoms with Crippen molar-refractivity contribution in [1.82, 2.24) is 15.5 Å². The lowest BCUT2D eigenvalue weighted by atomic mass is 10.1. The molecule has 1 aliphatic heterocycles. The van der Waals surface area contributed by atoms with Crippen molar-refractivity contribution in [3.8, 4) is 0 Å². The Balaban J connectivity index is 1.72. The van der Waals surface area contributed by atoms with Crippen LogP contribution in [-0.4, -0.2) is 48.7 Å². The second-order valence-electron chi connectivity index (χ2n) is 6.64. The van der Waals surface area contributed by atoms with Crippen LogP contribution in [0.1, 0.15) is 26.3 Å². The number of nitrogens with one attached hydrogen (secondary N) is 2. The van der Waals surface area contributed by atoms with Crippen molar-refractivity contribution in [3.05, 3.63) is 35.9 Å². The Morgan fingerprint density at radius 3 is 2.52 bits per heavy atom. The van der Waals surface area contributed by atoms with Crippen molar-refractivity contribution in [2.24, 2.45) is 4.99 Å². The van der Waals surface area contributed by atoms with E-state index in [1.54, 1.807) is 11.9 Å². The number of likely N-dealkylation sites (tertiary alicyclic amines) is 1. The molecule has 1 aromatic carbocycles. The molecule has 0 spiro atoms. The van der Waals surface area contributed by atoms with E-state index < -0.39 is 5.60 Å². The summed E-state index contributed by atoms with van der Waals surface area (Å²) in [5, 5.41) is 6.58. The third kappa shape index (κ3) is 5.47. The number of benzene rings is 1. The zero-order valence-electron chi connectivity index (χ0n) is 14.3. The normalized spacial score (nSPS) is 15.8. The number of aliphatic imine (C=N–C) groups is 1. The van der Waals surface area contributed by atoms with Crippen LogP contribution in [0, 0.1) is 0 Å². The fraction of sp³-hybridized carbons (Fsp3) is 0.529. The molecule has 1 amide bonds. The maximum absolute atomic E-state index is 11.9. The molecule has 2 rings (SSSR count). The highest BCUT2D eigenvalue weighted by molar-refractivity contribution is 5.80. The third-order valence-electron chi connectivity index (χ3n) is 3.40. The number of nitrogens with zero attached hydrogens (tertiary/aromatic N) is 2. The van der Waals surface area contributed by atoms with Crippen molar-refractivity contribution in [2.75, 3.05) is 20.1 Å². The zero-order chi connectivity index (χ0) is 16.9. The van der Waals surface area contributed by atoms with Gasteiger partial charge in [-0.05, 0) is 26.3 Å². The minimum Gasteiger partial charge on any atom is -0.444 e. The molecule has 0 aromatic heterocycles. The summed E-state index contributed by atoms with van der Waals surface area (Å²) >= 11 is 0. The number of carbonyl (C=O) groups excluding carboxylic acids is 1.